The zero-order valence-electron chi connectivity index (χ0n) is 16.6. The van der Waals surface area contributed by atoms with Crippen molar-refractivity contribution < 1.29 is 0 Å². The van der Waals surface area contributed by atoms with Gasteiger partial charge in [-0.3, -0.25) is 0 Å². The molecule has 2 spiro atoms. The summed E-state index contributed by atoms with van der Waals surface area (Å²) in [6.07, 6.45) is 0. The van der Waals surface area contributed by atoms with Gasteiger partial charge in [0.05, 0.1) is 9.49 Å². The van der Waals surface area contributed by atoms with E-state index in [1.165, 1.54) is 42.3 Å². The Morgan fingerprint density at radius 2 is 1.40 bits per heavy atom. The Bertz CT molecular complexity index is 1300. The van der Waals surface area contributed by atoms with Gasteiger partial charge in [0.15, 0.2) is 0 Å². The standard InChI is InChI=1S/C27H20S3/c1-17-16-28-24-15-14-18-8-2-3-9-19(18)25(24)26(17)27(30-26)20-10-4-6-12-22(20)29-23-13-7-5-11-21(23)27/h2-15,17H,16H2,1H3. The van der Waals surface area contributed by atoms with Gasteiger partial charge in [0.25, 0.3) is 0 Å². The Kier molecular flexibility index (Phi) is 3.64. The van der Waals surface area contributed by atoms with Gasteiger partial charge in [0, 0.05) is 20.4 Å². The summed E-state index contributed by atoms with van der Waals surface area (Å²) >= 11 is 6.19. The fourth-order valence-electron chi connectivity index (χ4n) is 5.69. The predicted molar refractivity (Wildman–Crippen MR) is 131 cm³/mol. The van der Waals surface area contributed by atoms with Crippen LogP contribution in [0.25, 0.3) is 10.8 Å². The van der Waals surface area contributed by atoms with Crippen LogP contribution in [-0.2, 0) is 9.49 Å². The number of rotatable bonds is 0. The summed E-state index contributed by atoms with van der Waals surface area (Å²) in [5.74, 6) is 1.77. The van der Waals surface area contributed by atoms with Crippen molar-refractivity contribution in [1.82, 2.24) is 0 Å². The monoisotopic (exact) mass is 440 g/mol. The number of hydrogen-bond acceptors (Lipinski definition) is 3. The molecule has 2 atom stereocenters. The minimum Gasteiger partial charge on any atom is -0.129 e. The van der Waals surface area contributed by atoms with Crippen molar-refractivity contribution in [1.29, 1.82) is 0 Å². The first-order chi connectivity index (χ1) is 14.8. The first-order valence-corrected chi connectivity index (χ1v) is 13.1. The fraction of sp³-hybridized carbons (Fsp3) is 0.185. The summed E-state index contributed by atoms with van der Waals surface area (Å²) in [5.41, 5.74) is 4.60. The second kappa shape index (κ2) is 6.12. The Morgan fingerprint density at radius 1 is 0.733 bits per heavy atom. The number of thioether (sulfide) groups is 2. The van der Waals surface area contributed by atoms with E-state index in [1.54, 1.807) is 5.56 Å². The molecule has 0 aliphatic carbocycles. The second-order valence-electron chi connectivity index (χ2n) is 8.49. The molecule has 2 unspecified atom stereocenters. The Hall–Kier alpha value is -1.81. The summed E-state index contributed by atoms with van der Waals surface area (Å²) < 4.78 is 0.0896. The lowest BCUT2D eigenvalue weighted by molar-refractivity contribution is 0.437. The Balaban J connectivity index is 1.60. The molecule has 7 rings (SSSR count). The van der Waals surface area contributed by atoms with Crippen LogP contribution < -0.4 is 0 Å². The van der Waals surface area contributed by atoms with Crippen LogP contribution in [0.2, 0.25) is 0 Å². The van der Waals surface area contributed by atoms with E-state index >= 15 is 0 Å². The van der Waals surface area contributed by atoms with Gasteiger partial charge in [0.1, 0.15) is 0 Å². The minimum atomic E-state index is 0.00467. The van der Waals surface area contributed by atoms with Gasteiger partial charge in [-0.2, -0.15) is 0 Å². The Morgan fingerprint density at radius 3 is 2.17 bits per heavy atom. The van der Waals surface area contributed by atoms with Crippen LogP contribution in [-0.4, -0.2) is 5.75 Å². The quantitative estimate of drug-likeness (QED) is 0.255. The molecule has 0 nitrogen and oxygen atoms in total. The molecule has 0 saturated carbocycles. The normalized spacial score (nSPS) is 25.0. The average Bonchev–Trinajstić information content (AvgIpc) is 3.47. The maximum absolute atomic E-state index is 2.48. The maximum atomic E-state index is 2.48. The van der Waals surface area contributed by atoms with Gasteiger partial charge in [-0.1, -0.05) is 85.4 Å². The number of fused-ring (bicyclic) bond motifs is 9. The highest BCUT2D eigenvalue weighted by atomic mass is 32.2. The second-order valence-corrected chi connectivity index (χ2v) is 12.1. The van der Waals surface area contributed by atoms with Gasteiger partial charge in [-0.25, -0.2) is 0 Å². The number of hydrogen-bond donors (Lipinski definition) is 0. The molecule has 0 radical (unpaired) electrons. The molecule has 1 fully saturated rings. The molecule has 146 valence electrons. The van der Waals surface area contributed by atoms with Crippen molar-refractivity contribution in [3.05, 3.63) is 102 Å². The van der Waals surface area contributed by atoms with Gasteiger partial charge < -0.3 is 0 Å². The van der Waals surface area contributed by atoms with E-state index in [0.717, 1.165) is 0 Å². The minimum absolute atomic E-state index is 0.00467. The van der Waals surface area contributed by atoms with Gasteiger partial charge in [0.2, 0.25) is 0 Å². The average molecular weight is 441 g/mol. The zero-order valence-corrected chi connectivity index (χ0v) is 19.0. The van der Waals surface area contributed by atoms with Crippen LogP contribution in [0.15, 0.2) is 99.6 Å². The lowest BCUT2D eigenvalue weighted by Crippen LogP contribution is -2.35. The number of benzene rings is 4. The fourth-order valence-corrected chi connectivity index (χ4v) is 10.6. The molecule has 3 heterocycles. The molecule has 0 aromatic heterocycles. The summed E-state index contributed by atoms with van der Waals surface area (Å²) in [4.78, 5) is 4.32. The molecule has 4 aromatic rings. The molecule has 3 heteroatoms. The predicted octanol–water partition coefficient (Wildman–Crippen LogP) is 7.93. The van der Waals surface area contributed by atoms with E-state index in [-0.39, 0.29) is 9.49 Å². The summed E-state index contributed by atoms with van der Waals surface area (Å²) in [6.45, 7) is 2.48. The van der Waals surface area contributed by atoms with Crippen molar-refractivity contribution in [2.45, 2.75) is 31.1 Å². The van der Waals surface area contributed by atoms with Gasteiger partial charge >= 0.3 is 0 Å². The van der Waals surface area contributed by atoms with Gasteiger partial charge in [-0.15, -0.1) is 23.5 Å². The summed E-state index contributed by atoms with van der Waals surface area (Å²) in [5, 5.41) is 2.80. The molecule has 3 aliphatic heterocycles. The summed E-state index contributed by atoms with van der Waals surface area (Å²) in [6, 6.07) is 31.9. The van der Waals surface area contributed by atoms with Crippen molar-refractivity contribution in [3.8, 4) is 0 Å². The molecule has 0 N–H and O–H groups in total. The van der Waals surface area contributed by atoms with E-state index in [9.17, 15) is 0 Å². The molecular formula is C27H20S3. The first-order valence-electron chi connectivity index (χ1n) is 10.5. The lowest BCUT2D eigenvalue weighted by Gasteiger charge is -2.38. The van der Waals surface area contributed by atoms with Crippen LogP contribution in [0.5, 0.6) is 0 Å². The van der Waals surface area contributed by atoms with Crippen LogP contribution in [0, 0.1) is 5.92 Å². The topological polar surface area (TPSA) is 0 Å². The lowest BCUT2D eigenvalue weighted by atomic mass is 9.70. The molecule has 0 amide bonds. The van der Waals surface area contributed by atoms with Crippen molar-refractivity contribution in [3.63, 3.8) is 0 Å². The molecular weight excluding hydrogens is 420 g/mol. The highest BCUT2D eigenvalue weighted by molar-refractivity contribution is 8.09. The highest BCUT2D eigenvalue weighted by Crippen LogP contribution is 2.85. The van der Waals surface area contributed by atoms with Crippen molar-refractivity contribution >= 4 is 46.1 Å². The van der Waals surface area contributed by atoms with Gasteiger partial charge in [-0.05, 0) is 51.6 Å². The molecule has 1 saturated heterocycles. The summed E-state index contributed by atoms with van der Waals surface area (Å²) in [7, 11) is 0. The third-order valence-electron chi connectivity index (χ3n) is 6.99. The van der Waals surface area contributed by atoms with E-state index in [4.69, 9.17) is 0 Å². The molecule has 0 bridgehead atoms. The van der Waals surface area contributed by atoms with E-state index in [1.807, 2.05) is 23.5 Å². The van der Waals surface area contributed by atoms with E-state index in [2.05, 4.69) is 104 Å². The van der Waals surface area contributed by atoms with Crippen LogP contribution >= 0.6 is 35.3 Å². The van der Waals surface area contributed by atoms with E-state index in [0.29, 0.717) is 5.92 Å². The van der Waals surface area contributed by atoms with Crippen molar-refractivity contribution in [2.24, 2.45) is 5.92 Å². The zero-order chi connectivity index (χ0) is 19.9. The molecule has 4 aromatic carbocycles. The van der Waals surface area contributed by atoms with Crippen LogP contribution in [0.3, 0.4) is 0 Å². The SMILES string of the molecule is CC1CSc2ccc3ccccc3c2C12SC21c2ccccc2Sc2ccccc21. The smallest absolute Gasteiger partial charge is 0.0879 e. The van der Waals surface area contributed by atoms with Crippen LogP contribution in [0.4, 0.5) is 0 Å². The molecule has 3 aliphatic rings. The largest absolute Gasteiger partial charge is 0.129 e. The highest BCUT2D eigenvalue weighted by Gasteiger charge is 2.76. The molecule has 30 heavy (non-hydrogen) atoms. The maximum Gasteiger partial charge on any atom is 0.0879 e. The Labute approximate surface area is 189 Å². The third kappa shape index (κ3) is 2.04. The van der Waals surface area contributed by atoms with E-state index < -0.39 is 0 Å². The van der Waals surface area contributed by atoms with Crippen molar-refractivity contribution in [2.75, 3.05) is 5.75 Å². The van der Waals surface area contributed by atoms with Crippen LogP contribution in [0.1, 0.15) is 23.6 Å². The third-order valence-corrected chi connectivity index (χ3v) is 11.6. The first kappa shape index (κ1) is 17.8.